The van der Waals surface area contributed by atoms with Crippen LogP contribution in [-0.4, -0.2) is 24.1 Å². The van der Waals surface area contributed by atoms with Gasteiger partial charge in [-0.1, -0.05) is 12.2 Å². The van der Waals surface area contributed by atoms with Crippen LogP contribution in [0.5, 0.6) is 0 Å². The Morgan fingerprint density at radius 3 is 2.50 bits per heavy atom. The molecule has 20 heavy (non-hydrogen) atoms. The maximum atomic E-state index is 12.6. The highest BCUT2D eigenvalue weighted by molar-refractivity contribution is 6.52. The van der Waals surface area contributed by atoms with Crippen LogP contribution in [0, 0.1) is 0 Å². The number of hydrogen-bond acceptors (Lipinski definition) is 2. The highest BCUT2D eigenvalue weighted by Crippen LogP contribution is 2.35. The second kappa shape index (κ2) is 5.28. The molecule has 0 aliphatic carbocycles. The number of nitrogens with zero attached hydrogens (tertiary/aromatic N) is 1. The minimum Gasteiger partial charge on any atom is -0.301 e. The maximum absolute atomic E-state index is 12.6. The minimum absolute atomic E-state index is 0.0929. The number of amides is 1. The summed E-state index contributed by atoms with van der Waals surface area (Å²) in [6, 6.07) is 2.69. The Hall–Kier alpha value is -1.82. The topological polar surface area (TPSA) is 37.4 Å². The van der Waals surface area contributed by atoms with Gasteiger partial charge in [0.25, 0.3) is 11.7 Å². The SMILES string of the molecule is O=C1C(=O)N(C/C=C/CCl)c2ccc(C(F)(F)F)cc21. The van der Waals surface area contributed by atoms with Gasteiger partial charge in [0.05, 0.1) is 16.8 Å². The third-order valence-corrected chi connectivity index (χ3v) is 3.02. The molecule has 0 saturated heterocycles. The molecule has 2 rings (SSSR count). The maximum Gasteiger partial charge on any atom is 0.416 e. The second-order valence-electron chi connectivity index (χ2n) is 4.10. The molecule has 1 aliphatic heterocycles. The number of benzene rings is 1. The number of alkyl halides is 4. The van der Waals surface area contributed by atoms with Crippen LogP contribution < -0.4 is 4.90 Å². The van der Waals surface area contributed by atoms with Gasteiger partial charge >= 0.3 is 6.18 Å². The number of allylic oxidation sites excluding steroid dienone is 1. The largest absolute Gasteiger partial charge is 0.416 e. The third kappa shape index (κ3) is 2.56. The van der Waals surface area contributed by atoms with Crippen molar-refractivity contribution in [3.05, 3.63) is 41.5 Å². The van der Waals surface area contributed by atoms with Crippen molar-refractivity contribution in [2.75, 3.05) is 17.3 Å². The summed E-state index contributed by atoms with van der Waals surface area (Å²) in [4.78, 5) is 24.6. The number of ketones is 1. The molecule has 106 valence electrons. The minimum atomic E-state index is -4.55. The Bertz CT molecular complexity index is 596. The molecular weight excluding hydrogens is 295 g/mol. The van der Waals surface area contributed by atoms with Crippen molar-refractivity contribution in [1.29, 1.82) is 0 Å². The van der Waals surface area contributed by atoms with Crippen LogP contribution in [0.25, 0.3) is 0 Å². The molecule has 3 nitrogen and oxygen atoms in total. The smallest absolute Gasteiger partial charge is 0.301 e. The summed E-state index contributed by atoms with van der Waals surface area (Å²) in [6.45, 7) is 0.0929. The number of Topliss-reactive ketones (excluding diaryl/α,β-unsaturated/α-hetero) is 1. The van der Waals surface area contributed by atoms with E-state index in [2.05, 4.69) is 0 Å². The first-order valence-corrected chi connectivity index (χ1v) is 6.18. The van der Waals surface area contributed by atoms with E-state index in [0.717, 1.165) is 17.0 Å². The lowest BCUT2D eigenvalue weighted by molar-refractivity contribution is -0.137. The monoisotopic (exact) mass is 303 g/mol. The van der Waals surface area contributed by atoms with E-state index in [1.807, 2.05) is 0 Å². The number of carbonyl (C=O) groups excluding carboxylic acids is 2. The quantitative estimate of drug-likeness (QED) is 0.489. The summed E-state index contributed by atoms with van der Waals surface area (Å²) in [5.41, 5.74) is -0.980. The molecule has 0 unspecified atom stereocenters. The van der Waals surface area contributed by atoms with Crippen LogP contribution in [0.1, 0.15) is 15.9 Å². The molecule has 1 amide bonds. The molecule has 0 atom stereocenters. The van der Waals surface area contributed by atoms with Gasteiger partial charge < -0.3 is 4.90 Å². The van der Waals surface area contributed by atoms with Crippen LogP contribution >= 0.6 is 11.6 Å². The highest BCUT2D eigenvalue weighted by Gasteiger charge is 2.38. The molecule has 1 aromatic rings. The van der Waals surface area contributed by atoms with Gasteiger partial charge in [-0.3, -0.25) is 9.59 Å². The van der Waals surface area contributed by atoms with Gasteiger partial charge in [-0.25, -0.2) is 0 Å². The lowest BCUT2D eigenvalue weighted by atomic mass is 10.1. The standard InChI is InChI=1S/C13H9ClF3NO2/c14-5-1-2-6-18-10-4-3-8(13(15,16)17)7-9(10)11(19)12(18)20/h1-4,7H,5-6H2/b2-1+. The van der Waals surface area contributed by atoms with E-state index in [1.54, 1.807) is 12.2 Å². The summed E-state index contributed by atoms with van der Waals surface area (Å²) in [7, 11) is 0. The van der Waals surface area contributed by atoms with E-state index in [1.165, 1.54) is 0 Å². The Labute approximate surface area is 117 Å². The number of anilines is 1. The Kier molecular flexibility index (Phi) is 3.85. The average Bonchev–Trinajstić information content (AvgIpc) is 2.63. The Morgan fingerprint density at radius 2 is 1.90 bits per heavy atom. The molecule has 0 bridgehead atoms. The van der Waals surface area contributed by atoms with Crippen molar-refractivity contribution in [2.24, 2.45) is 0 Å². The number of rotatable bonds is 3. The molecule has 0 spiro atoms. The average molecular weight is 304 g/mol. The van der Waals surface area contributed by atoms with Crippen LogP contribution in [0.2, 0.25) is 0 Å². The van der Waals surface area contributed by atoms with Crippen molar-refractivity contribution in [3.8, 4) is 0 Å². The predicted molar refractivity (Wildman–Crippen MR) is 68.0 cm³/mol. The zero-order valence-electron chi connectivity index (χ0n) is 10.1. The first kappa shape index (κ1) is 14.6. The lowest BCUT2D eigenvalue weighted by Gasteiger charge is -2.14. The molecule has 7 heteroatoms. The van der Waals surface area contributed by atoms with Gasteiger partial charge in [0.2, 0.25) is 0 Å². The van der Waals surface area contributed by atoms with Crippen LogP contribution in [-0.2, 0) is 11.0 Å². The molecule has 0 aromatic heterocycles. The number of fused-ring (bicyclic) bond motifs is 1. The molecule has 1 aliphatic rings. The molecule has 0 N–H and O–H groups in total. The van der Waals surface area contributed by atoms with Gasteiger partial charge in [0, 0.05) is 12.4 Å². The molecule has 1 heterocycles. The van der Waals surface area contributed by atoms with Crippen LogP contribution in [0.3, 0.4) is 0 Å². The molecule has 0 fully saturated rings. The van der Waals surface area contributed by atoms with Crippen molar-refractivity contribution in [3.63, 3.8) is 0 Å². The molecule has 1 aromatic carbocycles. The first-order valence-electron chi connectivity index (χ1n) is 5.64. The number of carbonyl (C=O) groups is 2. The summed E-state index contributed by atoms with van der Waals surface area (Å²) < 4.78 is 37.8. The van der Waals surface area contributed by atoms with E-state index in [0.29, 0.717) is 6.07 Å². The lowest BCUT2D eigenvalue weighted by Crippen LogP contribution is -2.29. The Balaban J connectivity index is 2.39. The normalized spacial score (nSPS) is 15.3. The first-order chi connectivity index (χ1) is 9.36. The summed E-state index contributed by atoms with van der Waals surface area (Å²) >= 11 is 5.44. The number of halogens is 4. The van der Waals surface area contributed by atoms with Crippen molar-refractivity contribution in [1.82, 2.24) is 0 Å². The molecule has 0 saturated carbocycles. The zero-order valence-corrected chi connectivity index (χ0v) is 10.8. The third-order valence-electron chi connectivity index (χ3n) is 2.84. The fraction of sp³-hybridized carbons (Fsp3) is 0.231. The fourth-order valence-electron chi connectivity index (χ4n) is 1.90. The van der Waals surface area contributed by atoms with E-state index in [9.17, 15) is 22.8 Å². The molecule has 0 radical (unpaired) electrons. The molecular formula is C13H9ClF3NO2. The number of hydrogen-bond donors (Lipinski definition) is 0. The van der Waals surface area contributed by atoms with Gasteiger partial charge in [0.15, 0.2) is 0 Å². The van der Waals surface area contributed by atoms with E-state index in [4.69, 9.17) is 11.6 Å². The second-order valence-corrected chi connectivity index (χ2v) is 4.41. The van der Waals surface area contributed by atoms with Gasteiger partial charge in [-0.2, -0.15) is 13.2 Å². The predicted octanol–water partition coefficient (Wildman–Crippen LogP) is 3.03. The van der Waals surface area contributed by atoms with E-state index >= 15 is 0 Å². The van der Waals surface area contributed by atoms with Crippen LogP contribution in [0.15, 0.2) is 30.4 Å². The van der Waals surface area contributed by atoms with Crippen molar-refractivity contribution >= 4 is 29.0 Å². The summed E-state index contributed by atoms with van der Waals surface area (Å²) in [5, 5.41) is 0. The van der Waals surface area contributed by atoms with Crippen molar-refractivity contribution < 1.29 is 22.8 Å². The van der Waals surface area contributed by atoms with Gasteiger partial charge in [-0.15, -0.1) is 11.6 Å². The summed E-state index contributed by atoms with van der Waals surface area (Å²) in [5.74, 6) is -1.51. The zero-order chi connectivity index (χ0) is 14.9. The van der Waals surface area contributed by atoms with Gasteiger partial charge in [-0.05, 0) is 18.2 Å². The van der Waals surface area contributed by atoms with Gasteiger partial charge in [0.1, 0.15) is 0 Å². The van der Waals surface area contributed by atoms with E-state index < -0.39 is 23.4 Å². The van der Waals surface area contributed by atoms with Crippen LogP contribution in [0.4, 0.5) is 18.9 Å². The Morgan fingerprint density at radius 1 is 1.20 bits per heavy atom. The fourth-order valence-corrected chi connectivity index (χ4v) is 2.03. The van der Waals surface area contributed by atoms with E-state index in [-0.39, 0.29) is 23.7 Å². The highest BCUT2D eigenvalue weighted by atomic mass is 35.5. The summed E-state index contributed by atoms with van der Waals surface area (Å²) in [6.07, 6.45) is -1.39. The van der Waals surface area contributed by atoms with Crippen molar-refractivity contribution in [2.45, 2.75) is 6.18 Å².